The van der Waals surface area contributed by atoms with Gasteiger partial charge in [0, 0.05) is 0 Å². The number of allylic oxidation sites excluding steroid dienone is 6. The minimum Gasteiger partial charge on any atom is -0.487 e. The smallest absolute Gasteiger partial charge is 0.126 e. The predicted octanol–water partition coefficient (Wildman–Crippen LogP) is 9.10. The fourth-order valence-electron chi connectivity index (χ4n) is 4.68. The second-order valence-electron chi connectivity index (χ2n) is 10.2. The average Bonchev–Trinajstić information content (AvgIpc) is 2.79. The van der Waals surface area contributed by atoms with Gasteiger partial charge in [-0.3, -0.25) is 0 Å². The molecular formula is C30H44F2O. The van der Waals surface area contributed by atoms with E-state index in [2.05, 4.69) is 60.6 Å². The first-order valence-electron chi connectivity index (χ1n) is 12.5. The van der Waals surface area contributed by atoms with E-state index >= 15 is 0 Å². The predicted molar refractivity (Wildman–Crippen MR) is 138 cm³/mol. The molecule has 1 aliphatic heterocycles. The Kier molecular flexibility index (Phi) is 10.4. The fourth-order valence-corrected chi connectivity index (χ4v) is 4.68. The molecule has 1 aromatic rings. The van der Waals surface area contributed by atoms with Crippen molar-refractivity contribution < 1.29 is 13.5 Å². The molecule has 0 aliphatic carbocycles. The quantitative estimate of drug-likeness (QED) is 0.300. The molecule has 0 amide bonds. The van der Waals surface area contributed by atoms with Crippen molar-refractivity contribution >= 4 is 0 Å². The zero-order valence-corrected chi connectivity index (χ0v) is 22.0. The largest absolute Gasteiger partial charge is 0.487 e. The highest BCUT2D eigenvalue weighted by molar-refractivity contribution is 5.55. The van der Waals surface area contributed by atoms with Crippen molar-refractivity contribution in [3.8, 4) is 5.75 Å². The standard InChI is InChI=1S/C30H44F2O/c1-21(13-9-15-27(19-31)20-32)11-8-12-22(2)14-10-17-30(7)18-16-28-25(5)23(3)24(4)26(6)29(28)33-30/h11,14-15H,8-10,12-13,16-20H2,1-7H3/b21-11+,22-14+/t30-/m1/s1. The van der Waals surface area contributed by atoms with Crippen LogP contribution in [0.3, 0.4) is 0 Å². The highest BCUT2D eigenvalue weighted by Gasteiger charge is 2.33. The summed E-state index contributed by atoms with van der Waals surface area (Å²) in [5.41, 5.74) is 9.72. The van der Waals surface area contributed by atoms with E-state index in [4.69, 9.17) is 4.74 Å². The van der Waals surface area contributed by atoms with E-state index in [9.17, 15) is 8.78 Å². The molecule has 1 nitrogen and oxygen atoms in total. The Morgan fingerprint density at radius 1 is 0.818 bits per heavy atom. The Morgan fingerprint density at radius 3 is 1.97 bits per heavy atom. The molecule has 0 spiro atoms. The van der Waals surface area contributed by atoms with Gasteiger partial charge in [-0.1, -0.05) is 29.4 Å². The van der Waals surface area contributed by atoms with E-state index in [-0.39, 0.29) is 11.2 Å². The van der Waals surface area contributed by atoms with Crippen LogP contribution >= 0.6 is 0 Å². The highest BCUT2D eigenvalue weighted by atomic mass is 19.1. The van der Waals surface area contributed by atoms with Gasteiger partial charge in [-0.2, -0.15) is 0 Å². The van der Waals surface area contributed by atoms with Crippen LogP contribution in [0.15, 0.2) is 34.9 Å². The molecule has 1 aromatic carbocycles. The van der Waals surface area contributed by atoms with Crippen molar-refractivity contribution in [3.05, 3.63) is 62.8 Å². The Bertz CT molecular complexity index is 901. The lowest BCUT2D eigenvalue weighted by molar-refractivity contribution is 0.0560. The maximum atomic E-state index is 12.5. The molecule has 0 unspecified atom stereocenters. The van der Waals surface area contributed by atoms with Crippen LogP contribution in [0.25, 0.3) is 0 Å². The summed E-state index contributed by atoms with van der Waals surface area (Å²) in [5, 5.41) is 0. The molecule has 0 fully saturated rings. The summed E-state index contributed by atoms with van der Waals surface area (Å²) in [6.45, 7) is 14.1. The number of fused-ring (bicyclic) bond motifs is 1. The third kappa shape index (κ3) is 7.55. The van der Waals surface area contributed by atoms with Gasteiger partial charge in [-0.25, -0.2) is 8.78 Å². The molecule has 33 heavy (non-hydrogen) atoms. The summed E-state index contributed by atoms with van der Waals surface area (Å²) < 4.78 is 31.7. The lowest BCUT2D eigenvalue weighted by Gasteiger charge is -2.38. The summed E-state index contributed by atoms with van der Waals surface area (Å²) >= 11 is 0. The van der Waals surface area contributed by atoms with E-state index < -0.39 is 13.3 Å². The zero-order chi connectivity index (χ0) is 24.6. The van der Waals surface area contributed by atoms with Gasteiger partial charge >= 0.3 is 0 Å². The number of alkyl halides is 2. The monoisotopic (exact) mass is 458 g/mol. The fraction of sp³-hybridized carbons (Fsp3) is 0.600. The normalized spacial score (nSPS) is 18.7. The first-order chi connectivity index (χ1) is 15.6. The lowest BCUT2D eigenvalue weighted by atomic mass is 9.83. The maximum Gasteiger partial charge on any atom is 0.126 e. The summed E-state index contributed by atoms with van der Waals surface area (Å²) in [7, 11) is 0. The van der Waals surface area contributed by atoms with Crippen molar-refractivity contribution in [2.45, 2.75) is 105 Å². The number of hydrogen-bond acceptors (Lipinski definition) is 1. The molecule has 2 rings (SSSR count). The van der Waals surface area contributed by atoms with Crippen molar-refractivity contribution in [2.75, 3.05) is 13.3 Å². The Labute approximate surface area is 201 Å². The van der Waals surface area contributed by atoms with Crippen molar-refractivity contribution in [1.82, 2.24) is 0 Å². The van der Waals surface area contributed by atoms with Crippen LogP contribution in [-0.2, 0) is 6.42 Å². The first kappa shape index (κ1) is 27.3. The van der Waals surface area contributed by atoms with Gasteiger partial charge < -0.3 is 4.74 Å². The Balaban J connectivity index is 1.84. The minimum absolute atomic E-state index is 0.106. The number of hydrogen-bond donors (Lipinski definition) is 0. The second kappa shape index (κ2) is 12.5. The minimum atomic E-state index is -0.682. The topological polar surface area (TPSA) is 9.23 Å². The number of ether oxygens (including phenoxy) is 1. The molecule has 0 bridgehead atoms. The summed E-state index contributed by atoms with van der Waals surface area (Å²) in [4.78, 5) is 0. The first-order valence-corrected chi connectivity index (χ1v) is 12.5. The van der Waals surface area contributed by atoms with Gasteiger partial charge in [-0.05, 0) is 133 Å². The second-order valence-corrected chi connectivity index (χ2v) is 10.2. The molecule has 0 saturated carbocycles. The van der Waals surface area contributed by atoms with E-state index in [1.807, 2.05) is 0 Å². The van der Waals surface area contributed by atoms with Crippen molar-refractivity contribution in [2.24, 2.45) is 0 Å². The van der Waals surface area contributed by atoms with Crippen LogP contribution in [-0.4, -0.2) is 19.0 Å². The van der Waals surface area contributed by atoms with E-state index in [1.54, 1.807) is 6.08 Å². The maximum absolute atomic E-state index is 12.5. The van der Waals surface area contributed by atoms with Crippen LogP contribution < -0.4 is 4.74 Å². The Hall–Kier alpha value is -1.90. The summed E-state index contributed by atoms with van der Waals surface area (Å²) in [5.74, 6) is 1.13. The van der Waals surface area contributed by atoms with E-state index in [0.717, 1.165) is 50.7 Å². The van der Waals surface area contributed by atoms with Crippen LogP contribution in [0.2, 0.25) is 0 Å². The molecule has 0 radical (unpaired) electrons. The molecule has 0 aromatic heterocycles. The van der Waals surface area contributed by atoms with Gasteiger partial charge in [0.15, 0.2) is 0 Å². The molecule has 0 saturated heterocycles. The van der Waals surface area contributed by atoms with E-state index in [1.165, 1.54) is 39.0 Å². The van der Waals surface area contributed by atoms with Gasteiger partial charge in [0.05, 0.1) is 0 Å². The lowest BCUT2D eigenvalue weighted by Crippen LogP contribution is -2.37. The number of halogens is 2. The Morgan fingerprint density at radius 2 is 1.36 bits per heavy atom. The third-order valence-corrected chi connectivity index (χ3v) is 7.52. The summed E-state index contributed by atoms with van der Waals surface area (Å²) in [6, 6.07) is 0. The van der Waals surface area contributed by atoms with Crippen LogP contribution in [0.5, 0.6) is 5.75 Å². The van der Waals surface area contributed by atoms with Crippen molar-refractivity contribution in [3.63, 3.8) is 0 Å². The molecular weight excluding hydrogens is 414 g/mol. The molecule has 1 aliphatic rings. The van der Waals surface area contributed by atoms with E-state index in [0.29, 0.717) is 6.42 Å². The zero-order valence-electron chi connectivity index (χ0n) is 22.0. The molecule has 184 valence electrons. The molecule has 1 heterocycles. The van der Waals surface area contributed by atoms with Gasteiger partial charge in [0.2, 0.25) is 0 Å². The molecule has 1 atom stereocenters. The van der Waals surface area contributed by atoms with Crippen molar-refractivity contribution in [1.29, 1.82) is 0 Å². The third-order valence-electron chi connectivity index (χ3n) is 7.52. The molecule has 3 heteroatoms. The van der Waals surface area contributed by atoms with Crippen LogP contribution in [0.4, 0.5) is 8.78 Å². The molecule has 0 N–H and O–H groups in total. The van der Waals surface area contributed by atoms with Gasteiger partial charge in [0.1, 0.15) is 24.7 Å². The van der Waals surface area contributed by atoms with Gasteiger partial charge in [-0.15, -0.1) is 0 Å². The SMILES string of the molecule is C/C(=C\CC/C(C)=C/CC[C@]1(C)CCc2c(C)c(C)c(C)c(C)c2O1)CCC=C(CF)CF. The van der Waals surface area contributed by atoms with Crippen LogP contribution in [0.1, 0.15) is 93.5 Å². The number of rotatable bonds is 11. The van der Waals surface area contributed by atoms with Crippen LogP contribution in [0, 0.1) is 27.7 Å². The highest BCUT2D eigenvalue weighted by Crippen LogP contribution is 2.42. The average molecular weight is 459 g/mol. The van der Waals surface area contributed by atoms with Gasteiger partial charge in [0.25, 0.3) is 0 Å². The summed E-state index contributed by atoms with van der Waals surface area (Å²) in [6.07, 6.45) is 14.2. The number of benzene rings is 1.